The Morgan fingerprint density at radius 3 is 2.44 bits per heavy atom. The zero-order valence-corrected chi connectivity index (χ0v) is 20.2. The highest BCUT2D eigenvalue weighted by atomic mass is 16.2. The SMILES string of the molecule is Cc1cc(Nc2ncc3c(n2)N(c2ccc(C(C)(C)C)cc2)CCC(=O)N3C)ccc1C(N)=O. The third-order valence-corrected chi connectivity index (χ3v) is 6.08. The van der Waals surface area contributed by atoms with Crippen LogP contribution >= 0.6 is 0 Å². The van der Waals surface area contributed by atoms with Crippen molar-refractivity contribution in [2.75, 3.05) is 28.7 Å². The summed E-state index contributed by atoms with van der Waals surface area (Å²) in [5, 5.41) is 3.20. The molecule has 176 valence electrons. The number of aryl methyl sites for hydroxylation is 1. The van der Waals surface area contributed by atoms with Gasteiger partial charge in [0.1, 0.15) is 5.69 Å². The van der Waals surface area contributed by atoms with Crippen molar-refractivity contribution < 1.29 is 9.59 Å². The average Bonchev–Trinajstić information content (AvgIpc) is 2.89. The molecule has 0 saturated heterocycles. The van der Waals surface area contributed by atoms with Gasteiger partial charge in [0.05, 0.1) is 6.20 Å². The first kappa shape index (κ1) is 23.2. The van der Waals surface area contributed by atoms with E-state index in [-0.39, 0.29) is 11.3 Å². The lowest BCUT2D eigenvalue weighted by molar-refractivity contribution is -0.118. The third-order valence-electron chi connectivity index (χ3n) is 6.08. The number of carbonyl (C=O) groups excluding carboxylic acids is 2. The first-order valence-electron chi connectivity index (χ1n) is 11.2. The van der Waals surface area contributed by atoms with Gasteiger partial charge in [0.2, 0.25) is 17.8 Å². The van der Waals surface area contributed by atoms with Crippen LogP contribution in [-0.4, -0.2) is 35.4 Å². The van der Waals surface area contributed by atoms with Crippen LogP contribution in [0.4, 0.5) is 28.8 Å². The van der Waals surface area contributed by atoms with Gasteiger partial charge in [-0.25, -0.2) is 4.98 Å². The molecule has 0 unspecified atom stereocenters. The second-order valence-corrected chi connectivity index (χ2v) is 9.57. The highest BCUT2D eigenvalue weighted by Crippen LogP contribution is 2.36. The summed E-state index contributed by atoms with van der Waals surface area (Å²) >= 11 is 0. The van der Waals surface area contributed by atoms with Crippen molar-refractivity contribution in [3.8, 4) is 0 Å². The summed E-state index contributed by atoms with van der Waals surface area (Å²) in [7, 11) is 1.75. The normalized spacial score (nSPS) is 14.0. The predicted molar refractivity (Wildman–Crippen MR) is 135 cm³/mol. The van der Waals surface area contributed by atoms with Crippen LogP contribution < -0.4 is 20.9 Å². The zero-order chi connectivity index (χ0) is 24.6. The summed E-state index contributed by atoms with van der Waals surface area (Å²) in [4.78, 5) is 37.0. The molecule has 1 aliphatic heterocycles. The lowest BCUT2D eigenvalue weighted by atomic mass is 9.87. The van der Waals surface area contributed by atoms with E-state index in [0.29, 0.717) is 36.0 Å². The smallest absolute Gasteiger partial charge is 0.248 e. The van der Waals surface area contributed by atoms with E-state index in [2.05, 4.69) is 60.2 Å². The second kappa shape index (κ2) is 8.78. The lowest BCUT2D eigenvalue weighted by Gasteiger charge is -2.26. The number of amides is 2. The molecule has 3 N–H and O–H groups in total. The number of aromatic nitrogens is 2. The summed E-state index contributed by atoms with van der Waals surface area (Å²) < 4.78 is 0. The second-order valence-electron chi connectivity index (χ2n) is 9.57. The molecule has 0 fully saturated rings. The Morgan fingerprint density at radius 2 is 1.82 bits per heavy atom. The van der Waals surface area contributed by atoms with Gasteiger partial charge in [-0.2, -0.15) is 4.98 Å². The Labute approximate surface area is 199 Å². The largest absolute Gasteiger partial charge is 0.366 e. The van der Waals surface area contributed by atoms with Gasteiger partial charge in [-0.05, 0) is 53.8 Å². The van der Waals surface area contributed by atoms with Crippen LogP contribution in [-0.2, 0) is 10.2 Å². The maximum absolute atomic E-state index is 12.6. The summed E-state index contributed by atoms with van der Waals surface area (Å²) in [6.07, 6.45) is 2.03. The number of rotatable bonds is 4. The molecule has 8 heteroatoms. The number of benzene rings is 2. The topological polar surface area (TPSA) is 104 Å². The molecule has 0 atom stereocenters. The maximum Gasteiger partial charge on any atom is 0.248 e. The maximum atomic E-state index is 12.6. The zero-order valence-electron chi connectivity index (χ0n) is 20.2. The minimum Gasteiger partial charge on any atom is -0.366 e. The average molecular weight is 459 g/mol. The number of nitrogens with two attached hydrogens (primary N) is 1. The van der Waals surface area contributed by atoms with E-state index < -0.39 is 5.91 Å². The number of anilines is 5. The Kier molecular flexibility index (Phi) is 6.00. The van der Waals surface area contributed by atoms with Crippen LogP contribution in [0.15, 0.2) is 48.7 Å². The van der Waals surface area contributed by atoms with Crippen LogP contribution in [0.2, 0.25) is 0 Å². The minimum atomic E-state index is -0.467. The highest BCUT2D eigenvalue weighted by molar-refractivity contribution is 5.98. The molecule has 4 rings (SSSR count). The summed E-state index contributed by atoms with van der Waals surface area (Å²) in [6, 6.07) is 13.7. The lowest BCUT2D eigenvalue weighted by Crippen LogP contribution is -2.25. The highest BCUT2D eigenvalue weighted by Gasteiger charge is 2.27. The van der Waals surface area contributed by atoms with E-state index in [1.54, 1.807) is 30.3 Å². The molecule has 2 heterocycles. The van der Waals surface area contributed by atoms with Gasteiger partial charge < -0.3 is 20.9 Å². The van der Waals surface area contributed by atoms with Crippen molar-refractivity contribution >= 4 is 40.6 Å². The van der Waals surface area contributed by atoms with Crippen LogP contribution in [0.1, 0.15) is 48.7 Å². The monoisotopic (exact) mass is 458 g/mol. The quantitative estimate of drug-likeness (QED) is 0.599. The molecule has 1 aliphatic rings. The first-order chi connectivity index (χ1) is 16.0. The van der Waals surface area contributed by atoms with Crippen LogP contribution in [0.5, 0.6) is 0 Å². The van der Waals surface area contributed by atoms with Crippen LogP contribution in [0.25, 0.3) is 0 Å². The van der Waals surface area contributed by atoms with Gasteiger partial charge in [-0.3, -0.25) is 9.59 Å². The van der Waals surface area contributed by atoms with E-state index in [1.807, 2.05) is 13.0 Å². The van der Waals surface area contributed by atoms with E-state index >= 15 is 0 Å². The number of nitrogens with zero attached hydrogens (tertiary/aromatic N) is 4. The van der Waals surface area contributed by atoms with E-state index in [4.69, 9.17) is 10.7 Å². The standard InChI is InChI=1S/C26H30N6O2/c1-16-14-18(8-11-20(16)23(27)34)29-25-28-15-21-24(30-25)32(13-12-22(33)31(21)5)19-9-6-17(7-10-19)26(2,3)4/h6-11,14-15H,12-13H2,1-5H3,(H2,27,34)(H,28,29,30). The Morgan fingerprint density at radius 1 is 1.12 bits per heavy atom. The van der Waals surface area contributed by atoms with Gasteiger partial charge >= 0.3 is 0 Å². The third kappa shape index (κ3) is 4.57. The number of primary amides is 1. The van der Waals surface area contributed by atoms with Gasteiger partial charge in [0.25, 0.3) is 0 Å². The first-order valence-corrected chi connectivity index (χ1v) is 11.2. The van der Waals surface area contributed by atoms with Crippen molar-refractivity contribution in [2.24, 2.45) is 5.73 Å². The van der Waals surface area contributed by atoms with Crippen molar-refractivity contribution in [2.45, 2.75) is 39.5 Å². The van der Waals surface area contributed by atoms with Gasteiger partial charge in [-0.15, -0.1) is 0 Å². The Hall–Kier alpha value is -3.94. The molecule has 1 aromatic heterocycles. The van der Waals surface area contributed by atoms with Gasteiger partial charge in [0.15, 0.2) is 5.82 Å². The number of hydrogen-bond donors (Lipinski definition) is 2. The number of fused-ring (bicyclic) bond motifs is 1. The van der Waals surface area contributed by atoms with E-state index in [0.717, 1.165) is 16.9 Å². The van der Waals surface area contributed by atoms with E-state index in [1.165, 1.54) is 5.56 Å². The Bertz CT molecular complexity index is 1250. The fourth-order valence-corrected chi connectivity index (χ4v) is 4.02. The number of carbonyl (C=O) groups is 2. The summed E-state index contributed by atoms with van der Waals surface area (Å²) in [5.41, 5.74) is 10.3. The van der Waals surface area contributed by atoms with Crippen molar-refractivity contribution in [3.63, 3.8) is 0 Å². The van der Waals surface area contributed by atoms with Gasteiger partial charge in [-0.1, -0.05) is 32.9 Å². The van der Waals surface area contributed by atoms with Crippen LogP contribution in [0.3, 0.4) is 0 Å². The molecule has 0 spiro atoms. The minimum absolute atomic E-state index is 0.0111. The fraction of sp³-hybridized carbons (Fsp3) is 0.308. The molecule has 2 aromatic carbocycles. The Balaban J connectivity index is 1.72. The molecule has 0 radical (unpaired) electrons. The summed E-state index contributed by atoms with van der Waals surface area (Å²) in [6.45, 7) is 8.87. The molecule has 2 amide bonds. The number of nitrogens with one attached hydrogen (secondary N) is 1. The molecule has 8 nitrogen and oxygen atoms in total. The van der Waals surface area contributed by atoms with Crippen LogP contribution in [0, 0.1) is 6.92 Å². The summed E-state index contributed by atoms with van der Waals surface area (Å²) in [5.74, 6) is 0.590. The predicted octanol–water partition coefficient (Wildman–Crippen LogP) is 4.43. The van der Waals surface area contributed by atoms with E-state index in [9.17, 15) is 9.59 Å². The van der Waals surface area contributed by atoms with Crippen molar-refractivity contribution in [1.82, 2.24) is 9.97 Å². The number of hydrogen-bond acceptors (Lipinski definition) is 6. The molecule has 3 aromatic rings. The molecular weight excluding hydrogens is 428 g/mol. The molecule has 0 aliphatic carbocycles. The van der Waals surface area contributed by atoms with Crippen molar-refractivity contribution in [3.05, 3.63) is 65.4 Å². The molecular formula is C26H30N6O2. The molecule has 34 heavy (non-hydrogen) atoms. The van der Waals surface area contributed by atoms with Gasteiger partial charge in [0, 0.05) is 37.0 Å². The van der Waals surface area contributed by atoms with Crippen molar-refractivity contribution in [1.29, 1.82) is 0 Å². The fourth-order valence-electron chi connectivity index (χ4n) is 4.02. The molecule has 0 saturated carbocycles. The molecule has 0 bridgehead atoms.